The molecule has 0 heteroatoms. The smallest absolute Gasteiger partial charge is 0.00493 e. The van der Waals surface area contributed by atoms with Crippen molar-refractivity contribution in [3.63, 3.8) is 0 Å². The molecular weight excluding hydrogens is 324 g/mol. The predicted molar refractivity (Wildman–Crippen MR) is 124 cm³/mol. The first-order chi connectivity index (χ1) is 13.1. The highest BCUT2D eigenvalue weighted by Gasteiger charge is 2.48. The largest absolute Gasteiger partial charge is 0.103 e. The number of allylic oxidation sites excluding steroid dienone is 6. The lowest BCUT2D eigenvalue weighted by atomic mass is 9.75. The molecule has 0 aromatic rings. The van der Waals surface area contributed by atoms with Gasteiger partial charge in [0.05, 0.1) is 0 Å². The summed E-state index contributed by atoms with van der Waals surface area (Å²) in [6, 6.07) is 0. The molecule has 1 aliphatic rings. The summed E-state index contributed by atoms with van der Waals surface area (Å²) in [4.78, 5) is 0. The third-order valence-corrected chi connectivity index (χ3v) is 6.51. The summed E-state index contributed by atoms with van der Waals surface area (Å²) in [5, 5.41) is 0. The molecule has 0 N–H and O–H groups in total. The predicted octanol–water partition coefficient (Wildman–Crippen LogP) is 8.98. The zero-order valence-corrected chi connectivity index (χ0v) is 18.1. The summed E-state index contributed by atoms with van der Waals surface area (Å²) < 4.78 is 0. The molecule has 2 unspecified atom stereocenters. The average molecular weight is 369 g/mol. The standard InChI is InChI=1S/C27H44/c1-6-10-12-14-15-17-21-27(24-25(27)5)23-22-26(18-8-3,19-9-4)20-16-13-11-7-2/h6-9,22-23,25H,1-4,10-21,24H2,5H3. The van der Waals surface area contributed by atoms with Crippen molar-refractivity contribution in [1.82, 2.24) is 0 Å². The molecule has 2 atom stereocenters. The van der Waals surface area contributed by atoms with Crippen LogP contribution in [0, 0.1) is 16.7 Å². The molecule has 0 nitrogen and oxygen atoms in total. The van der Waals surface area contributed by atoms with Gasteiger partial charge in [0.2, 0.25) is 0 Å². The highest BCUT2D eigenvalue weighted by molar-refractivity contribution is 5.17. The van der Waals surface area contributed by atoms with Gasteiger partial charge in [0.25, 0.3) is 0 Å². The quantitative estimate of drug-likeness (QED) is 0.167. The maximum Gasteiger partial charge on any atom is -0.00493 e. The average Bonchev–Trinajstić information content (AvgIpc) is 3.30. The molecule has 0 aliphatic heterocycles. The van der Waals surface area contributed by atoms with Gasteiger partial charge in [-0.2, -0.15) is 0 Å². The molecule has 0 heterocycles. The first-order valence-corrected chi connectivity index (χ1v) is 11.2. The lowest BCUT2D eigenvalue weighted by molar-refractivity contribution is 0.339. The summed E-state index contributed by atoms with van der Waals surface area (Å²) in [5.41, 5.74) is 0.678. The van der Waals surface area contributed by atoms with E-state index in [1.807, 2.05) is 12.2 Å². The van der Waals surface area contributed by atoms with Gasteiger partial charge in [-0.05, 0) is 74.5 Å². The van der Waals surface area contributed by atoms with Crippen LogP contribution in [0.4, 0.5) is 0 Å². The molecule has 0 aromatic carbocycles. The molecule has 0 aromatic heterocycles. The topological polar surface area (TPSA) is 0 Å². The van der Waals surface area contributed by atoms with Crippen LogP contribution in [0.25, 0.3) is 0 Å². The minimum absolute atomic E-state index is 0.212. The summed E-state index contributed by atoms with van der Waals surface area (Å²) in [5.74, 6) is 0.841. The van der Waals surface area contributed by atoms with Crippen molar-refractivity contribution in [2.24, 2.45) is 16.7 Å². The van der Waals surface area contributed by atoms with Crippen molar-refractivity contribution in [3.05, 3.63) is 62.8 Å². The molecule has 27 heavy (non-hydrogen) atoms. The molecule has 0 bridgehead atoms. The third-order valence-electron chi connectivity index (χ3n) is 6.51. The zero-order valence-electron chi connectivity index (χ0n) is 18.1. The third kappa shape index (κ3) is 8.50. The van der Waals surface area contributed by atoms with Crippen LogP contribution in [0.2, 0.25) is 0 Å². The second-order valence-electron chi connectivity index (χ2n) is 8.80. The Morgan fingerprint density at radius 1 is 0.815 bits per heavy atom. The van der Waals surface area contributed by atoms with Gasteiger partial charge in [0, 0.05) is 0 Å². The molecule has 1 fully saturated rings. The molecule has 1 rings (SSSR count). The van der Waals surface area contributed by atoms with E-state index in [2.05, 4.69) is 57.5 Å². The summed E-state index contributed by atoms with van der Waals surface area (Å²) in [6.07, 6.45) is 29.6. The van der Waals surface area contributed by atoms with Gasteiger partial charge in [0.15, 0.2) is 0 Å². The van der Waals surface area contributed by atoms with Crippen LogP contribution < -0.4 is 0 Å². The van der Waals surface area contributed by atoms with Gasteiger partial charge in [-0.3, -0.25) is 0 Å². The molecule has 1 aliphatic carbocycles. The van der Waals surface area contributed by atoms with E-state index in [1.54, 1.807) is 0 Å². The Morgan fingerprint density at radius 3 is 1.89 bits per heavy atom. The number of hydrogen-bond donors (Lipinski definition) is 0. The Kier molecular flexibility index (Phi) is 11.4. The number of unbranched alkanes of at least 4 members (excludes halogenated alkanes) is 6. The first-order valence-electron chi connectivity index (χ1n) is 11.2. The number of rotatable bonds is 18. The molecule has 0 amide bonds. The molecule has 1 saturated carbocycles. The summed E-state index contributed by atoms with van der Waals surface area (Å²) in [6.45, 7) is 18.2. The van der Waals surface area contributed by atoms with Crippen LogP contribution in [0.5, 0.6) is 0 Å². The Hall–Kier alpha value is -1.30. The van der Waals surface area contributed by atoms with Crippen molar-refractivity contribution >= 4 is 0 Å². The van der Waals surface area contributed by atoms with Crippen LogP contribution >= 0.6 is 0 Å². The van der Waals surface area contributed by atoms with Gasteiger partial charge < -0.3 is 0 Å². The maximum absolute atomic E-state index is 4.04. The van der Waals surface area contributed by atoms with Crippen LogP contribution in [0.15, 0.2) is 62.8 Å². The SMILES string of the molecule is C=CCCCCCCC1(C=CC(CC=C)(CC=C)CCCCC=C)CC1C. The fraction of sp³-hybridized carbons (Fsp3) is 0.630. The normalized spacial score (nSPS) is 21.9. The molecular formula is C27H44. The van der Waals surface area contributed by atoms with Crippen molar-refractivity contribution in [2.75, 3.05) is 0 Å². The van der Waals surface area contributed by atoms with Crippen LogP contribution in [0.1, 0.15) is 90.4 Å². The van der Waals surface area contributed by atoms with E-state index in [1.165, 1.54) is 64.2 Å². The van der Waals surface area contributed by atoms with E-state index in [0.717, 1.165) is 25.2 Å². The zero-order chi connectivity index (χ0) is 20.0. The van der Waals surface area contributed by atoms with E-state index in [0.29, 0.717) is 5.41 Å². The second kappa shape index (κ2) is 13.0. The fourth-order valence-corrected chi connectivity index (χ4v) is 4.46. The molecule has 0 spiro atoms. The lowest BCUT2D eigenvalue weighted by Gasteiger charge is -2.30. The van der Waals surface area contributed by atoms with Gasteiger partial charge in [-0.1, -0.05) is 69.1 Å². The van der Waals surface area contributed by atoms with Gasteiger partial charge in [-0.25, -0.2) is 0 Å². The second-order valence-corrected chi connectivity index (χ2v) is 8.80. The summed E-state index contributed by atoms with van der Waals surface area (Å²) >= 11 is 0. The minimum Gasteiger partial charge on any atom is -0.103 e. The van der Waals surface area contributed by atoms with E-state index >= 15 is 0 Å². The summed E-state index contributed by atoms with van der Waals surface area (Å²) in [7, 11) is 0. The highest BCUT2D eigenvalue weighted by Crippen LogP contribution is 2.58. The first kappa shape index (κ1) is 23.7. The van der Waals surface area contributed by atoms with E-state index < -0.39 is 0 Å². The van der Waals surface area contributed by atoms with Crippen molar-refractivity contribution < 1.29 is 0 Å². The highest BCUT2D eigenvalue weighted by atomic mass is 14.5. The van der Waals surface area contributed by atoms with Crippen LogP contribution in [-0.4, -0.2) is 0 Å². The van der Waals surface area contributed by atoms with Crippen molar-refractivity contribution in [3.8, 4) is 0 Å². The molecule has 0 radical (unpaired) electrons. The number of hydrogen-bond acceptors (Lipinski definition) is 0. The Bertz CT molecular complexity index is 470. The van der Waals surface area contributed by atoms with Crippen molar-refractivity contribution in [1.29, 1.82) is 0 Å². The monoisotopic (exact) mass is 368 g/mol. The Morgan fingerprint density at radius 2 is 1.37 bits per heavy atom. The maximum atomic E-state index is 4.04. The molecule has 0 saturated heterocycles. The van der Waals surface area contributed by atoms with Gasteiger partial charge in [-0.15, -0.1) is 26.3 Å². The Balaban J connectivity index is 2.67. The van der Waals surface area contributed by atoms with Crippen LogP contribution in [-0.2, 0) is 0 Å². The van der Waals surface area contributed by atoms with Crippen LogP contribution in [0.3, 0.4) is 0 Å². The van der Waals surface area contributed by atoms with Gasteiger partial charge >= 0.3 is 0 Å². The van der Waals surface area contributed by atoms with E-state index in [4.69, 9.17) is 0 Å². The van der Waals surface area contributed by atoms with Gasteiger partial charge in [0.1, 0.15) is 0 Å². The lowest BCUT2D eigenvalue weighted by Crippen LogP contribution is -2.17. The minimum atomic E-state index is 0.212. The molecule has 152 valence electrons. The fourth-order valence-electron chi connectivity index (χ4n) is 4.46. The van der Waals surface area contributed by atoms with E-state index in [-0.39, 0.29) is 5.41 Å². The van der Waals surface area contributed by atoms with Crippen molar-refractivity contribution in [2.45, 2.75) is 90.4 Å². The Labute approximate surface area is 170 Å². The van der Waals surface area contributed by atoms with E-state index in [9.17, 15) is 0 Å².